The number of carboxylic acids is 1. The summed E-state index contributed by atoms with van der Waals surface area (Å²) in [5, 5.41) is 25.2. The number of anilines is 1. The normalized spacial score (nSPS) is 17.4. The summed E-state index contributed by atoms with van der Waals surface area (Å²) in [6.07, 6.45) is 0.242. The van der Waals surface area contributed by atoms with Crippen LogP contribution in [0.15, 0.2) is 41.4 Å². The summed E-state index contributed by atoms with van der Waals surface area (Å²) in [6.45, 7) is 0.438. The predicted octanol–water partition coefficient (Wildman–Crippen LogP) is 0.378. The molecule has 2 aliphatic heterocycles. The molecular weight excluding hydrogens is 363 g/mol. The molecule has 0 bridgehead atoms. The Kier molecular flexibility index (Phi) is 4.40. The second-order valence-electron chi connectivity index (χ2n) is 6.59. The maximum absolute atomic E-state index is 12.7. The van der Waals surface area contributed by atoms with E-state index >= 15 is 0 Å². The molecule has 1 atom stereocenters. The lowest BCUT2D eigenvalue weighted by Crippen LogP contribution is -2.53. The number of hydrogen-bond acceptors (Lipinski definition) is 7. The third kappa shape index (κ3) is 3.25. The SMILES string of the molecule is NC1=NCc2ccc(C(=O)N[C@H]3Cc4cccc(C(=O)O)c4OB3O)cc2N1. The van der Waals surface area contributed by atoms with Crippen LogP contribution in [0.2, 0.25) is 0 Å². The van der Waals surface area contributed by atoms with Crippen LogP contribution >= 0.6 is 0 Å². The molecule has 2 aromatic rings. The van der Waals surface area contributed by atoms with Crippen LogP contribution in [0.3, 0.4) is 0 Å². The molecule has 142 valence electrons. The van der Waals surface area contributed by atoms with Gasteiger partial charge in [0, 0.05) is 11.3 Å². The van der Waals surface area contributed by atoms with Crippen LogP contribution in [0.25, 0.3) is 0 Å². The highest BCUT2D eigenvalue weighted by Crippen LogP contribution is 2.30. The molecule has 2 heterocycles. The first kappa shape index (κ1) is 17.9. The minimum atomic E-state index is -1.37. The minimum absolute atomic E-state index is 0.0265. The quantitative estimate of drug-likeness (QED) is 0.484. The number of aromatic carboxylic acids is 1. The number of carbonyl (C=O) groups is 2. The highest BCUT2D eigenvalue weighted by atomic mass is 16.5. The van der Waals surface area contributed by atoms with E-state index in [-0.39, 0.29) is 23.7 Å². The molecule has 0 aliphatic carbocycles. The van der Waals surface area contributed by atoms with E-state index in [0.29, 0.717) is 23.4 Å². The molecule has 0 saturated carbocycles. The number of hydrogen-bond donors (Lipinski definition) is 5. The number of rotatable bonds is 3. The number of carboxylic acid groups (broad SMARTS) is 1. The van der Waals surface area contributed by atoms with E-state index in [1.165, 1.54) is 6.07 Å². The van der Waals surface area contributed by atoms with E-state index in [1.54, 1.807) is 30.3 Å². The summed E-state index contributed by atoms with van der Waals surface area (Å²) >= 11 is 0. The Morgan fingerprint density at radius 3 is 2.89 bits per heavy atom. The van der Waals surface area contributed by atoms with Crippen molar-refractivity contribution in [3.05, 3.63) is 58.7 Å². The van der Waals surface area contributed by atoms with Gasteiger partial charge < -0.3 is 31.2 Å². The van der Waals surface area contributed by atoms with Gasteiger partial charge in [0.1, 0.15) is 5.75 Å². The summed E-state index contributed by atoms with van der Waals surface area (Å²) in [5.41, 5.74) is 8.26. The first-order valence-corrected chi connectivity index (χ1v) is 8.63. The molecule has 0 fully saturated rings. The summed E-state index contributed by atoms with van der Waals surface area (Å²) in [4.78, 5) is 28.0. The Morgan fingerprint density at radius 2 is 2.11 bits per heavy atom. The molecule has 4 rings (SSSR count). The van der Waals surface area contributed by atoms with Gasteiger partial charge in [-0.3, -0.25) is 4.79 Å². The van der Waals surface area contributed by atoms with E-state index in [9.17, 15) is 19.7 Å². The topological polar surface area (TPSA) is 146 Å². The number of carbonyl (C=O) groups excluding carboxylic acids is 1. The highest BCUT2D eigenvalue weighted by molar-refractivity contribution is 6.47. The monoisotopic (exact) mass is 380 g/mol. The van der Waals surface area contributed by atoms with Crippen molar-refractivity contribution in [3.63, 3.8) is 0 Å². The number of nitrogens with one attached hydrogen (secondary N) is 2. The maximum atomic E-state index is 12.7. The first-order chi connectivity index (χ1) is 13.4. The molecule has 28 heavy (non-hydrogen) atoms. The van der Waals surface area contributed by atoms with Gasteiger partial charge >= 0.3 is 13.1 Å². The second-order valence-corrected chi connectivity index (χ2v) is 6.59. The molecule has 0 radical (unpaired) electrons. The number of aliphatic imine (C=N–C) groups is 1. The van der Waals surface area contributed by atoms with E-state index in [0.717, 1.165) is 5.56 Å². The summed E-state index contributed by atoms with van der Waals surface area (Å²) in [7, 11) is -1.37. The summed E-state index contributed by atoms with van der Waals surface area (Å²) < 4.78 is 5.39. The van der Waals surface area contributed by atoms with Gasteiger partial charge in [-0.05, 0) is 35.7 Å². The number of guanidine groups is 1. The zero-order valence-corrected chi connectivity index (χ0v) is 14.7. The molecule has 10 heteroatoms. The van der Waals surface area contributed by atoms with Crippen LogP contribution in [0.4, 0.5) is 5.69 Å². The van der Waals surface area contributed by atoms with Crippen molar-refractivity contribution in [2.45, 2.75) is 18.9 Å². The van der Waals surface area contributed by atoms with Gasteiger partial charge in [0.2, 0.25) is 0 Å². The predicted molar refractivity (Wildman–Crippen MR) is 102 cm³/mol. The second kappa shape index (κ2) is 6.89. The highest BCUT2D eigenvalue weighted by Gasteiger charge is 2.37. The fourth-order valence-corrected chi connectivity index (χ4v) is 3.29. The number of benzene rings is 2. The molecule has 0 unspecified atom stereocenters. The molecule has 2 aliphatic rings. The van der Waals surface area contributed by atoms with E-state index in [1.807, 2.05) is 0 Å². The van der Waals surface area contributed by atoms with Crippen molar-refractivity contribution in [1.82, 2.24) is 5.32 Å². The fraction of sp³-hybridized carbons (Fsp3) is 0.167. The third-order valence-corrected chi connectivity index (χ3v) is 4.72. The van der Waals surface area contributed by atoms with E-state index < -0.39 is 24.9 Å². The lowest BCUT2D eigenvalue weighted by atomic mass is 9.72. The van der Waals surface area contributed by atoms with Crippen LogP contribution in [0.5, 0.6) is 5.75 Å². The van der Waals surface area contributed by atoms with Crippen LogP contribution in [0, 0.1) is 0 Å². The molecular formula is C18H17BN4O5. The molecule has 9 nitrogen and oxygen atoms in total. The number of amides is 1. The largest absolute Gasteiger partial charge is 0.547 e. The smallest absolute Gasteiger partial charge is 0.534 e. The van der Waals surface area contributed by atoms with E-state index in [4.69, 9.17) is 10.4 Å². The summed E-state index contributed by atoms with van der Waals surface area (Å²) in [6, 6.07) is 9.83. The lowest BCUT2D eigenvalue weighted by molar-refractivity contribution is 0.0693. The van der Waals surface area contributed by atoms with Crippen molar-refractivity contribution < 1.29 is 24.4 Å². The Labute approximate surface area is 160 Å². The Balaban J connectivity index is 1.52. The Morgan fingerprint density at radius 1 is 1.29 bits per heavy atom. The number of nitrogens with zero attached hydrogens (tertiary/aromatic N) is 1. The van der Waals surface area contributed by atoms with Gasteiger partial charge in [-0.25, -0.2) is 9.79 Å². The number of para-hydroxylation sites is 1. The van der Waals surface area contributed by atoms with Crippen LogP contribution in [0.1, 0.15) is 31.8 Å². The van der Waals surface area contributed by atoms with Gasteiger partial charge in [0.15, 0.2) is 5.96 Å². The maximum Gasteiger partial charge on any atom is 0.547 e. The van der Waals surface area contributed by atoms with E-state index in [2.05, 4.69) is 15.6 Å². The summed E-state index contributed by atoms with van der Waals surface area (Å²) in [5.74, 6) is -1.85. The number of fused-ring (bicyclic) bond motifs is 2. The van der Waals surface area contributed by atoms with Crippen molar-refractivity contribution in [3.8, 4) is 5.75 Å². The standard InChI is InChI=1S/C18H17BN4O5/c20-18-21-8-11-5-4-10(6-13(11)22-18)16(24)23-14-7-9-2-1-3-12(17(25)26)15(9)28-19(14)27/h1-6,14,27H,7-8H2,(H,23,24)(H,25,26)(H3,20,21,22)/t14-/m0/s1. The molecule has 6 N–H and O–H groups in total. The van der Waals surface area contributed by atoms with Crippen molar-refractivity contribution in [1.29, 1.82) is 0 Å². The number of nitrogens with two attached hydrogens (primary N) is 1. The molecule has 0 saturated heterocycles. The fourth-order valence-electron chi connectivity index (χ4n) is 3.29. The zero-order chi connectivity index (χ0) is 19.8. The lowest BCUT2D eigenvalue weighted by Gasteiger charge is -2.29. The van der Waals surface area contributed by atoms with Crippen LogP contribution < -0.4 is 21.0 Å². The Bertz CT molecular complexity index is 1010. The van der Waals surface area contributed by atoms with Gasteiger partial charge in [-0.2, -0.15) is 0 Å². The Hall–Kier alpha value is -3.53. The molecule has 0 spiro atoms. The van der Waals surface area contributed by atoms with Crippen LogP contribution in [-0.4, -0.2) is 41.0 Å². The zero-order valence-electron chi connectivity index (χ0n) is 14.7. The first-order valence-electron chi connectivity index (χ1n) is 8.63. The van der Waals surface area contributed by atoms with Crippen molar-refractivity contribution >= 4 is 30.6 Å². The van der Waals surface area contributed by atoms with Crippen molar-refractivity contribution in [2.75, 3.05) is 5.32 Å². The van der Waals surface area contributed by atoms with Gasteiger partial charge in [-0.15, -0.1) is 0 Å². The van der Waals surface area contributed by atoms with Crippen molar-refractivity contribution in [2.24, 2.45) is 10.7 Å². The van der Waals surface area contributed by atoms with Gasteiger partial charge in [0.25, 0.3) is 5.91 Å². The molecule has 1 amide bonds. The van der Waals surface area contributed by atoms with Gasteiger partial charge in [-0.1, -0.05) is 18.2 Å². The third-order valence-electron chi connectivity index (χ3n) is 4.72. The average Bonchev–Trinajstić information content (AvgIpc) is 2.67. The molecule has 2 aromatic carbocycles. The molecule has 0 aromatic heterocycles. The van der Waals surface area contributed by atoms with Gasteiger partial charge in [0.05, 0.1) is 18.0 Å². The minimum Gasteiger partial charge on any atom is -0.534 e. The van der Waals surface area contributed by atoms with Crippen LogP contribution in [-0.2, 0) is 13.0 Å². The average molecular weight is 380 g/mol.